The average Bonchev–Trinajstić information content (AvgIpc) is 3.94. The number of carbonyl (C=O) groups is 2. The molecule has 1 aromatic heterocycles. The second kappa shape index (κ2) is 13.7. The lowest BCUT2D eigenvalue weighted by molar-refractivity contribution is -0.131. The highest BCUT2D eigenvalue weighted by molar-refractivity contribution is 7.18. The van der Waals surface area contributed by atoms with Gasteiger partial charge in [0.25, 0.3) is 5.92 Å². The molecule has 2 bridgehead atoms. The first-order valence-corrected chi connectivity index (χ1v) is 17.5. The van der Waals surface area contributed by atoms with E-state index in [1.165, 1.54) is 12.0 Å². The van der Waals surface area contributed by atoms with Gasteiger partial charge in [0.05, 0.1) is 62.1 Å². The van der Waals surface area contributed by atoms with E-state index in [9.17, 15) is 18.4 Å². The molecular formula is C36H41F3N7O4P. The van der Waals surface area contributed by atoms with Gasteiger partial charge in [0.1, 0.15) is 17.8 Å². The number of benzene rings is 2. The molecule has 4 aliphatic heterocycles. The van der Waals surface area contributed by atoms with Crippen molar-refractivity contribution in [1.29, 1.82) is 0 Å². The number of hydrogen-bond donors (Lipinski definition) is 3. The van der Waals surface area contributed by atoms with Gasteiger partial charge in [0.15, 0.2) is 0 Å². The molecule has 5 unspecified atom stereocenters. The number of halogens is 3. The quantitative estimate of drug-likeness (QED) is 0.180. The first kappa shape index (κ1) is 35.2. The van der Waals surface area contributed by atoms with Crippen molar-refractivity contribution in [2.75, 3.05) is 40.3 Å². The van der Waals surface area contributed by atoms with Crippen molar-refractivity contribution >= 4 is 33.7 Å². The smallest absolute Gasteiger partial charge is 0.407 e. The topological polar surface area (TPSA) is 124 Å². The molecule has 0 aliphatic carbocycles. The summed E-state index contributed by atoms with van der Waals surface area (Å²) in [6.07, 6.45) is 4.15. The molecule has 7 rings (SSSR count). The summed E-state index contributed by atoms with van der Waals surface area (Å²) in [7, 11) is 5.09. The van der Waals surface area contributed by atoms with E-state index in [1.54, 1.807) is 24.3 Å². The van der Waals surface area contributed by atoms with E-state index < -0.39 is 35.4 Å². The highest BCUT2D eigenvalue weighted by Crippen LogP contribution is 2.56. The highest BCUT2D eigenvalue weighted by atomic mass is 31.0. The summed E-state index contributed by atoms with van der Waals surface area (Å²) in [6.45, 7) is 3.15. The molecule has 11 nitrogen and oxygen atoms in total. The number of fused-ring (bicyclic) bond motifs is 5. The fourth-order valence-corrected chi connectivity index (χ4v) is 8.42. The Hall–Kier alpha value is -4.26. The van der Waals surface area contributed by atoms with Gasteiger partial charge in [0, 0.05) is 31.1 Å². The SMILES string of the molecule is C=N/C=C(\NCC1CC(F)(P)CN1C(=O)CNC(=O)OC)c1ccc(-c2ccc(-c3cnc([C@@H]4CC(F)(F)CN4C)[nH]3)c3c2C2CCC3O2)cc1. The van der Waals surface area contributed by atoms with Gasteiger partial charge in [0.2, 0.25) is 5.91 Å². The van der Waals surface area contributed by atoms with E-state index >= 15 is 4.39 Å². The first-order chi connectivity index (χ1) is 24.4. The van der Waals surface area contributed by atoms with E-state index in [0.717, 1.165) is 51.9 Å². The summed E-state index contributed by atoms with van der Waals surface area (Å²) in [4.78, 5) is 39.2. The van der Waals surface area contributed by atoms with Crippen LogP contribution in [0, 0.1) is 0 Å². The Morgan fingerprint density at radius 2 is 1.80 bits per heavy atom. The summed E-state index contributed by atoms with van der Waals surface area (Å²) in [5.74, 6) is -2.62. The Bertz CT molecular complexity index is 1870. The highest BCUT2D eigenvalue weighted by Gasteiger charge is 2.46. The lowest BCUT2D eigenvalue weighted by Crippen LogP contribution is -2.46. The number of methoxy groups -OCH3 is 1. The van der Waals surface area contributed by atoms with Crippen molar-refractivity contribution in [2.24, 2.45) is 4.99 Å². The Morgan fingerprint density at radius 1 is 1.10 bits per heavy atom. The minimum atomic E-state index is -2.74. The number of nitrogens with zero attached hydrogens (tertiary/aromatic N) is 4. The van der Waals surface area contributed by atoms with Gasteiger partial charge in [-0.1, -0.05) is 45.6 Å². The molecule has 3 fully saturated rings. The van der Waals surface area contributed by atoms with E-state index in [1.807, 2.05) is 24.3 Å². The lowest BCUT2D eigenvalue weighted by atomic mass is 9.82. The van der Waals surface area contributed by atoms with Crippen molar-refractivity contribution in [2.45, 2.75) is 61.3 Å². The Labute approximate surface area is 296 Å². The summed E-state index contributed by atoms with van der Waals surface area (Å²) in [6, 6.07) is 11.2. The van der Waals surface area contributed by atoms with Crippen LogP contribution in [0.3, 0.4) is 0 Å². The molecule has 3 aromatic rings. The number of amides is 2. The van der Waals surface area contributed by atoms with E-state index in [0.29, 0.717) is 11.5 Å². The zero-order valence-electron chi connectivity index (χ0n) is 28.4. The molecule has 0 radical (unpaired) electrons. The van der Waals surface area contributed by atoms with Crippen LogP contribution in [0.2, 0.25) is 0 Å². The molecule has 51 heavy (non-hydrogen) atoms. The fraction of sp³-hybridized carbons (Fsp3) is 0.444. The molecule has 2 amide bonds. The Balaban J connectivity index is 1.10. The minimum Gasteiger partial charge on any atom is -0.453 e. The molecule has 2 aromatic carbocycles. The molecule has 270 valence electrons. The summed E-state index contributed by atoms with van der Waals surface area (Å²) in [5, 5.41) is 4.04. The van der Waals surface area contributed by atoms with Gasteiger partial charge in [-0.25, -0.2) is 22.9 Å². The van der Waals surface area contributed by atoms with Crippen molar-refractivity contribution in [3.63, 3.8) is 0 Å². The number of aliphatic imine (C=N–C) groups is 1. The zero-order valence-corrected chi connectivity index (χ0v) is 29.6. The van der Waals surface area contributed by atoms with Gasteiger partial charge in [-0.3, -0.25) is 14.7 Å². The van der Waals surface area contributed by atoms with Crippen LogP contribution in [0.1, 0.15) is 66.4 Å². The van der Waals surface area contributed by atoms with Crippen LogP contribution in [-0.4, -0.2) is 96.2 Å². The van der Waals surface area contributed by atoms with Crippen LogP contribution in [0.15, 0.2) is 53.8 Å². The third-order valence-electron chi connectivity index (χ3n) is 10.3. The summed E-state index contributed by atoms with van der Waals surface area (Å²) < 4.78 is 54.2. The minimum absolute atomic E-state index is 0.0389. The number of hydrogen-bond acceptors (Lipinski definition) is 8. The van der Waals surface area contributed by atoms with Crippen LogP contribution in [0.5, 0.6) is 0 Å². The maximum atomic E-state index is 15.1. The van der Waals surface area contributed by atoms with Crippen LogP contribution >= 0.6 is 9.24 Å². The maximum absolute atomic E-state index is 15.1. The average molecular weight is 724 g/mol. The second-order valence-electron chi connectivity index (χ2n) is 13.8. The third kappa shape index (κ3) is 7.01. The largest absolute Gasteiger partial charge is 0.453 e. The van der Waals surface area contributed by atoms with Gasteiger partial charge in [-0.05, 0) is 54.4 Å². The van der Waals surface area contributed by atoms with Crippen molar-refractivity contribution in [3.05, 3.63) is 71.3 Å². The van der Waals surface area contributed by atoms with Crippen LogP contribution in [0.25, 0.3) is 28.1 Å². The van der Waals surface area contributed by atoms with E-state index in [2.05, 4.69) is 58.4 Å². The standard InChI is InChI=1S/C36H41F3N7O4P/c1-40-15-25(41-14-22-12-36(39,51)19-46(22)30(47)17-43-34(48)49-3)21-6-4-20(5-7-21)23-8-9-24(32-29-11-10-28(50-29)31(23)32)26-16-42-33(44-26)27-13-35(37,38)18-45(27)2/h4-9,15-16,22,27-29,41H,1,10-14,17-19,51H2,2-3H3,(H,42,44)(H,43,48)/b25-15-/t22?,27-,28?,29?,36?/m0/s1. The van der Waals surface area contributed by atoms with Crippen molar-refractivity contribution in [1.82, 2.24) is 30.4 Å². The molecule has 0 spiro atoms. The molecule has 3 N–H and O–H groups in total. The molecule has 6 atom stereocenters. The molecule has 15 heteroatoms. The van der Waals surface area contributed by atoms with Crippen molar-refractivity contribution < 1.29 is 32.2 Å². The number of alkyl carbamates (subject to hydrolysis) is 1. The summed E-state index contributed by atoms with van der Waals surface area (Å²) >= 11 is 0. The van der Waals surface area contributed by atoms with Gasteiger partial charge in [-0.2, -0.15) is 0 Å². The molecular weight excluding hydrogens is 682 g/mol. The van der Waals surface area contributed by atoms with Crippen LogP contribution in [-0.2, 0) is 14.3 Å². The monoisotopic (exact) mass is 723 g/mol. The number of ether oxygens (including phenoxy) is 2. The molecule has 0 saturated carbocycles. The Kier molecular flexibility index (Phi) is 9.45. The zero-order chi connectivity index (χ0) is 36.1. The number of H-pyrrole nitrogens is 1. The van der Waals surface area contributed by atoms with E-state index in [-0.39, 0.29) is 51.2 Å². The summed E-state index contributed by atoms with van der Waals surface area (Å²) in [5.41, 5.74) is 7.54. The van der Waals surface area contributed by atoms with Crippen molar-refractivity contribution in [3.8, 4) is 22.4 Å². The first-order valence-electron chi connectivity index (χ1n) is 16.9. The van der Waals surface area contributed by atoms with Gasteiger partial charge in [-0.15, -0.1) is 0 Å². The number of aromatic nitrogens is 2. The number of aromatic amines is 1. The maximum Gasteiger partial charge on any atom is 0.407 e. The number of imidazole rings is 1. The number of rotatable bonds is 10. The predicted molar refractivity (Wildman–Crippen MR) is 190 cm³/mol. The number of carbonyl (C=O) groups excluding carboxylic acids is 2. The molecule has 4 aliphatic rings. The van der Waals surface area contributed by atoms with Crippen LogP contribution in [0.4, 0.5) is 18.0 Å². The lowest BCUT2D eigenvalue weighted by Gasteiger charge is -2.25. The number of likely N-dealkylation sites (tertiary alicyclic amines) is 2. The fourth-order valence-electron chi connectivity index (χ4n) is 7.95. The second-order valence-corrected chi connectivity index (χ2v) is 14.8. The molecule has 5 heterocycles. The molecule has 3 saturated heterocycles. The van der Waals surface area contributed by atoms with Crippen LogP contribution < -0.4 is 10.6 Å². The normalized spacial score (nSPS) is 26.7. The predicted octanol–water partition coefficient (Wildman–Crippen LogP) is 5.75. The Morgan fingerprint density at radius 3 is 2.47 bits per heavy atom. The van der Waals surface area contributed by atoms with E-state index in [4.69, 9.17) is 4.74 Å². The van der Waals surface area contributed by atoms with Gasteiger partial charge < -0.3 is 30.0 Å². The number of alkyl halides is 3. The third-order valence-corrected chi connectivity index (χ3v) is 10.7. The number of nitrogens with one attached hydrogen (secondary N) is 3. The van der Waals surface area contributed by atoms with Gasteiger partial charge >= 0.3 is 6.09 Å².